The molecule has 0 bridgehead atoms. The Bertz CT molecular complexity index is 989. The molecular formula is C22H27ClN2O5S. The lowest BCUT2D eigenvalue weighted by Gasteiger charge is -2.25. The molecule has 9 heteroatoms. The number of hydrogen-bond acceptors (Lipinski definition) is 5. The third-order valence-corrected chi connectivity index (χ3v) is 7.31. The lowest BCUT2D eigenvalue weighted by Crippen LogP contribution is -2.35. The largest absolute Gasteiger partial charge is 0.492 e. The summed E-state index contributed by atoms with van der Waals surface area (Å²) in [6, 6.07) is 11.6. The summed E-state index contributed by atoms with van der Waals surface area (Å²) in [5.41, 5.74) is 0.878. The van der Waals surface area contributed by atoms with Crippen molar-refractivity contribution in [1.29, 1.82) is 0 Å². The van der Waals surface area contributed by atoms with Crippen molar-refractivity contribution < 1.29 is 22.7 Å². The third kappa shape index (κ3) is 6.59. The maximum absolute atomic E-state index is 12.7. The summed E-state index contributed by atoms with van der Waals surface area (Å²) in [6.07, 6.45) is 2.87. The summed E-state index contributed by atoms with van der Waals surface area (Å²) in [6.45, 7) is 3.45. The molecule has 1 saturated heterocycles. The number of halogens is 1. The molecule has 0 radical (unpaired) electrons. The van der Waals surface area contributed by atoms with Crippen molar-refractivity contribution in [3.63, 3.8) is 0 Å². The van der Waals surface area contributed by atoms with E-state index in [1.165, 1.54) is 4.31 Å². The maximum Gasteiger partial charge on any atom is 0.258 e. The molecule has 0 atom stereocenters. The maximum atomic E-state index is 12.7. The minimum Gasteiger partial charge on any atom is -0.492 e. The molecule has 1 heterocycles. The Labute approximate surface area is 188 Å². The van der Waals surface area contributed by atoms with Crippen LogP contribution in [0.3, 0.4) is 0 Å². The fourth-order valence-corrected chi connectivity index (χ4v) is 4.86. The average Bonchev–Trinajstić information content (AvgIpc) is 2.78. The first-order chi connectivity index (χ1) is 14.9. The van der Waals surface area contributed by atoms with E-state index in [2.05, 4.69) is 5.32 Å². The molecule has 0 unspecified atom stereocenters. The summed E-state index contributed by atoms with van der Waals surface area (Å²) >= 11 is 5.96. The molecule has 7 nitrogen and oxygen atoms in total. The molecule has 1 N–H and O–H groups in total. The highest BCUT2D eigenvalue weighted by Crippen LogP contribution is 2.23. The molecule has 3 rings (SSSR count). The predicted octanol–water partition coefficient (Wildman–Crippen LogP) is 3.40. The number of amides is 1. The number of benzene rings is 2. The van der Waals surface area contributed by atoms with Gasteiger partial charge in [-0.25, -0.2) is 8.42 Å². The first kappa shape index (κ1) is 23.4. The van der Waals surface area contributed by atoms with Gasteiger partial charge in [-0.15, -0.1) is 0 Å². The van der Waals surface area contributed by atoms with Gasteiger partial charge in [0.25, 0.3) is 5.91 Å². The quantitative estimate of drug-likeness (QED) is 0.572. The van der Waals surface area contributed by atoms with E-state index in [0.29, 0.717) is 36.2 Å². The third-order valence-electron chi connectivity index (χ3n) is 4.97. The Morgan fingerprint density at radius 2 is 1.71 bits per heavy atom. The first-order valence-corrected chi connectivity index (χ1v) is 12.1. The molecule has 1 amide bonds. The molecule has 0 spiro atoms. The molecule has 0 saturated carbocycles. The van der Waals surface area contributed by atoms with Crippen LogP contribution in [0.4, 0.5) is 0 Å². The summed E-state index contributed by atoms with van der Waals surface area (Å²) in [5.74, 6) is 0.854. The van der Waals surface area contributed by atoms with Crippen molar-refractivity contribution in [3.05, 3.63) is 53.1 Å². The van der Waals surface area contributed by atoms with Crippen molar-refractivity contribution in [2.75, 3.05) is 32.8 Å². The molecule has 2 aromatic carbocycles. The van der Waals surface area contributed by atoms with E-state index < -0.39 is 10.0 Å². The summed E-state index contributed by atoms with van der Waals surface area (Å²) < 4.78 is 37.9. The molecule has 168 valence electrons. The van der Waals surface area contributed by atoms with E-state index in [1.807, 2.05) is 6.92 Å². The number of ether oxygens (including phenoxy) is 2. The topological polar surface area (TPSA) is 84.9 Å². The van der Waals surface area contributed by atoms with Gasteiger partial charge in [0.15, 0.2) is 6.61 Å². The van der Waals surface area contributed by atoms with E-state index in [1.54, 1.807) is 42.5 Å². The van der Waals surface area contributed by atoms with Crippen LogP contribution >= 0.6 is 11.6 Å². The van der Waals surface area contributed by atoms with Gasteiger partial charge >= 0.3 is 0 Å². The molecule has 1 aliphatic heterocycles. The fourth-order valence-electron chi connectivity index (χ4n) is 3.23. The van der Waals surface area contributed by atoms with Crippen LogP contribution in [-0.4, -0.2) is 51.5 Å². The van der Waals surface area contributed by atoms with Gasteiger partial charge in [-0.05, 0) is 67.8 Å². The number of hydrogen-bond donors (Lipinski definition) is 1. The highest BCUT2D eigenvalue weighted by molar-refractivity contribution is 7.89. The van der Waals surface area contributed by atoms with Crippen LogP contribution in [0.15, 0.2) is 47.4 Å². The van der Waals surface area contributed by atoms with Gasteiger partial charge in [0.2, 0.25) is 10.0 Å². The Balaban J connectivity index is 1.39. The van der Waals surface area contributed by atoms with E-state index in [-0.39, 0.29) is 24.0 Å². The van der Waals surface area contributed by atoms with Gasteiger partial charge in [0.05, 0.1) is 11.4 Å². The monoisotopic (exact) mass is 466 g/mol. The van der Waals surface area contributed by atoms with Crippen molar-refractivity contribution in [1.82, 2.24) is 9.62 Å². The number of nitrogens with one attached hydrogen (secondary N) is 1. The van der Waals surface area contributed by atoms with Crippen molar-refractivity contribution in [2.45, 2.75) is 31.1 Å². The molecule has 0 aliphatic carbocycles. The van der Waals surface area contributed by atoms with Crippen LogP contribution in [0.5, 0.6) is 11.5 Å². The van der Waals surface area contributed by atoms with Gasteiger partial charge in [-0.1, -0.05) is 18.0 Å². The van der Waals surface area contributed by atoms with Crippen LogP contribution in [-0.2, 0) is 14.8 Å². The van der Waals surface area contributed by atoms with Crippen molar-refractivity contribution in [3.8, 4) is 11.5 Å². The second-order valence-corrected chi connectivity index (χ2v) is 9.68. The average molecular weight is 467 g/mol. The Hall–Kier alpha value is -2.29. The Morgan fingerprint density at radius 3 is 2.39 bits per heavy atom. The molecule has 1 aliphatic rings. The molecule has 1 fully saturated rings. The Morgan fingerprint density at radius 1 is 1.03 bits per heavy atom. The lowest BCUT2D eigenvalue weighted by atomic mass is 10.2. The van der Waals surface area contributed by atoms with Crippen molar-refractivity contribution >= 4 is 27.5 Å². The number of carbonyl (C=O) groups excluding carboxylic acids is 1. The van der Waals surface area contributed by atoms with Gasteiger partial charge < -0.3 is 14.8 Å². The lowest BCUT2D eigenvalue weighted by molar-refractivity contribution is -0.123. The van der Waals surface area contributed by atoms with Crippen LogP contribution in [0.2, 0.25) is 5.02 Å². The highest BCUT2D eigenvalue weighted by atomic mass is 35.5. The van der Waals surface area contributed by atoms with Gasteiger partial charge in [-0.2, -0.15) is 4.31 Å². The zero-order chi connectivity index (χ0) is 22.3. The summed E-state index contributed by atoms with van der Waals surface area (Å²) in [5, 5.41) is 3.35. The van der Waals surface area contributed by atoms with E-state index in [0.717, 1.165) is 24.8 Å². The molecular weight excluding hydrogens is 440 g/mol. The molecule has 2 aromatic rings. The smallest absolute Gasteiger partial charge is 0.258 e. The standard InChI is InChI=1S/C22H27ClN2O5S/c1-17-15-19(7-10-21(17)23)30-16-22(26)24-11-14-29-18-5-8-20(9-6-18)31(27,28)25-12-3-2-4-13-25/h5-10,15H,2-4,11-14,16H2,1H3,(H,24,26). The number of aryl methyl sites for hydroxylation is 1. The fraction of sp³-hybridized carbons (Fsp3) is 0.409. The first-order valence-electron chi connectivity index (χ1n) is 10.2. The second-order valence-electron chi connectivity index (χ2n) is 7.33. The SMILES string of the molecule is Cc1cc(OCC(=O)NCCOc2ccc(S(=O)(=O)N3CCCCC3)cc2)ccc1Cl. The second kappa shape index (κ2) is 10.8. The zero-order valence-electron chi connectivity index (χ0n) is 17.5. The number of piperidine rings is 1. The minimum atomic E-state index is -3.45. The normalized spacial score (nSPS) is 14.8. The van der Waals surface area contributed by atoms with Crippen molar-refractivity contribution in [2.24, 2.45) is 0 Å². The van der Waals surface area contributed by atoms with Crippen LogP contribution in [0.1, 0.15) is 24.8 Å². The summed E-state index contributed by atoms with van der Waals surface area (Å²) in [7, 11) is -3.45. The number of carbonyl (C=O) groups is 1. The number of rotatable bonds is 9. The predicted molar refractivity (Wildman–Crippen MR) is 119 cm³/mol. The highest BCUT2D eigenvalue weighted by Gasteiger charge is 2.25. The summed E-state index contributed by atoms with van der Waals surface area (Å²) in [4.78, 5) is 12.2. The van der Waals surface area contributed by atoms with E-state index >= 15 is 0 Å². The van der Waals surface area contributed by atoms with Crippen LogP contribution in [0.25, 0.3) is 0 Å². The van der Waals surface area contributed by atoms with E-state index in [4.69, 9.17) is 21.1 Å². The Kier molecular flexibility index (Phi) is 8.17. The minimum absolute atomic E-state index is 0.107. The number of nitrogens with zero attached hydrogens (tertiary/aromatic N) is 1. The van der Waals surface area contributed by atoms with Gasteiger partial charge in [0.1, 0.15) is 18.1 Å². The van der Waals surface area contributed by atoms with Crippen LogP contribution in [0, 0.1) is 6.92 Å². The molecule has 0 aromatic heterocycles. The molecule has 31 heavy (non-hydrogen) atoms. The van der Waals surface area contributed by atoms with Crippen LogP contribution < -0.4 is 14.8 Å². The van der Waals surface area contributed by atoms with E-state index in [9.17, 15) is 13.2 Å². The zero-order valence-corrected chi connectivity index (χ0v) is 19.0. The van der Waals surface area contributed by atoms with Gasteiger partial charge in [-0.3, -0.25) is 4.79 Å². The van der Waals surface area contributed by atoms with Gasteiger partial charge in [0, 0.05) is 18.1 Å². The number of sulfonamides is 1.